The Morgan fingerprint density at radius 3 is 2.45 bits per heavy atom. The third-order valence-corrected chi connectivity index (χ3v) is 5.59. The van der Waals surface area contributed by atoms with Crippen LogP contribution in [-0.4, -0.2) is 34.1 Å². The van der Waals surface area contributed by atoms with Gasteiger partial charge in [0.15, 0.2) is 0 Å². The summed E-state index contributed by atoms with van der Waals surface area (Å²) in [4.78, 5) is 25.1. The number of thioether (sulfide) groups is 1. The molecule has 4 aromatic rings. The lowest BCUT2D eigenvalue weighted by molar-refractivity contribution is 0.0787. The molecule has 0 bridgehead atoms. The van der Waals surface area contributed by atoms with E-state index in [0.717, 1.165) is 27.7 Å². The number of fused-ring (bicyclic) bond motifs is 1. The first-order valence-corrected chi connectivity index (χ1v) is 10.6. The zero-order chi connectivity index (χ0) is 20.2. The summed E-state index contributed by atoms with van der Waals surface area (Å²) < 4.78 is 0. The number of aromatic nitrogens is 2. The average molecular weight is 400 g/mol. The second kappa shape index (κ2) is 8.45. The van der Waals surface area contributed by atoms with E-state index in [4.69, 9.17) is 4.98 Å². The normalized spacial score (nSPS) is 10.8. The maximum atomic E-state index is 13.4. The van der Waals surface area contributed by atoms with Crippen LogP contribution in [0.3, 0.4) is 0 Å². The van der Waals surface area contributed by atoms with Crippen molar-refractivity contribution in [2.45, 2.75) is 11.4 Å². The molecule has 4 nitrogen and oxygen atoms in total. The van der Waals surface area contributed by atoms with E-state index in [-0.39, 0.29) is 5.91 Å². The molecule has 5 heteroatoms. The van der Waals surface area contributed by atoms with Crippen molar-refractivity contribution in [3.05, 3.63) is 90.3 Å². The van der Waals surface area contributed by atoms with Crippen LogP contribution in [0.4, 0.5) is 0 Å². The summed E-state index contributed by atoms with van der Waals surface area (Å²) in [5.41, 5.74) is 4.28. The lowest BCUT2D eigenvalue weighted by Gasteiger charge is -2.19. The van der Waals surface area contributed by atoms with Crippen molar-refractivity contribution in [2.75, 3.05) is 13.3 Å². The van der Waals surface area contributed by atoms with E-state index in [1.54, 1.807) is 29.1 Å². The molecule has 0 aliphatic heterocycles. The molecule has 0 saturated heterocycles. The lowest BCUT2D eigenvalue weighted by Crippen LogP contribution is -2.26. The number of pyridine rings is 2. The number of hydrogen-bond donors (Lipinski definition) is 0. The summed E-state index contributed by atoms with van der Waals surface area (Å²) >= 11 is 1.71. The van der Waals surface area contributed by atoms with Gasteiger partial charge in [0.25, 0.3) is 5.91 Å². The summed E-state index contributed by atoms with van der Waals surface area (Å²) in [6.07, 6.45) is 5.52. The predicted molar refractivity (Wildman–Crippen MR) is 119 cm³/mol. The number of para-hydroxylation sites is 1. The van der Waals surface area contributed by atoms with Gasteiger partial charge in [0.1, 0.15) is 0 Å². The molecule has 4 rings (SSSR count). The number of benzene rings is 2. The highest BCUT2D eigenvalue weighted by molar-refractivity contribution is 7.98. The zero-order valence-electron chi connectivity index (χ0n) is 16.4. The first-order valence-electron chi connectivity index (χ1n) is 9.34. The van der Waals surface area contributed by atoms with E-state index < -0.39 is 0 Å². The van der Waals surface area contributed by atoms with E-state index in [1.807, 2.05) is 49.5 Å². The fourth-order valence-electron chi connectivity index (χ4n) is 3.31. The minimum absolute atomic E-state index is 0.0205. The van der Waals surface area contributed by atoms with E-state index in [9.17, 15) is 4.79 Å². The van der Waals surface area contributed by atoms with Crippen LogP contribution in [0.15, 0.2) is 84.0 Å². The van der Waals surface area contributed by atoms with Crippen LogP contribution in [0.1, 0.15) is 15.9 Å². The second-order valence-electron chi connectivity index (χ2n) is 6.82. The Bertz CT molecular complexity index is 1140. The molecule has 1 amide bonds. The van der Waals surface area contributed by atoms with Crippen molar-refractivity contribution in [1.29, 1.82) is 0 Å². The van der Waals surface area contributed by atoms with Crippen molar-refractivity contribution in [3.63, 3.8) is 0 Å². The van der Waals surface area contributed by atoms with E-state index in [2.05, 4.69) is 35.5 Å². The van der Waals surface area contributed by atoms with Gasteiger partial charge < -0.3 is 4.90 Å². The quantitative estimate of drug-likeness (QED) is 0.428. The van der Waals surface area contributed by atoms with Crippen LogP contribution in [0, 0.1) is 0 Å². The minimum atomic E-state index is -0.0205. The van der Waals surface area contributed by atoms with Crippen molar-refractivity contribution >= 4 is 28.6 Å². The molecule has 2 aromatic heterocycles. The molecule has 0 aliphatic rings. The molecule has 0 spiro atoms. The zero-order valence-corrected chi connectivity index (χ0v) is 17.2. The van der Waals surface area contributed by atoms with Gasteiger partial charge in [0.05, 0.1) is 16.8 Å². The van der Waals surface area contributed by atoms with Gasteiger partial charge in [-0.1, -0.05) is 30.3 Å². The Balaban J connectivity index is 1.70. The predicted octanol–water partition coefficient (Wildman–Crippen LogP) is 5.29. The molecule has 2 heterocycles. The summed E-state index contributed by atoms with van der Waals surface area (Å²) in [6.45, 7) is 0.550. The molecule has 29 heavy (non-hydrogen) atoms. The number of hydrogen-bond acceptors (Lipinski definition) is 4. The van der Waals surface area contributed by atoms with Crippen molar-refractivity contribution in [3.8, 4) is 11.3 Å². The highest BCUT2D eigenvalue weighted by Gasteiger charge is 2.17. The standard InChI is InChI=1S/C24H21N3OS/c1-27(16-17-7-9-19(29-2)10-8-17)24(28)21-15-23(18-11-13-25-14-12-18)26-22-6-4-3-5-20(21)22/h3-15H,16H2,1-2H3. The largest absolute Gasteiger partial charge is 0.337 e. The Morgan fingerprint density at radius 1 is 1.00 bits per heavy atom. The van der Waals surface area contributed by atoms with Crippen molar-refractivity contribution < 1.29 is 4.79 Å². The van der Waals surface area contributed by atoms with Crippen LogP contribution in [0.2, 0.25) is 0 Å². The van der Waals surface area contributed by atoms with E-state index >= 15 is 0 Å². The third kappa shape index (κ3) is 4.15. The molecule has 2 aromatic carbocycles. The maximum Gasteiger partial charge on any atom is 0.254 e. The molecule has 0 radical (unpaired) electrons. The van der Waals surface area contributed by atoms with Crippen molar-refractivity contribution in [2.24, 2.45) is 0 Å². The second-order valence-corrected chi connectivity index (χ2v) is 7.70. The highest BCUT2D eigenvalue weighted by atomic mass is 32.2. The number of carbonyl (C=O) groups is 1. The van der Waals surface area contributed by atoms with Crippen LogP contribution < -0.4 is 0 Å². The summed E-state index contributed by atoms with van der Waals surface area (Å²) in [5.74, 6) is -0.0205. The van der Waals surface area contributed by atoms with Gasteiger partial charge in [0, 0.05) is 41.8 Å². The molecule has 0 atom stereocenters. The smallest absolute Gasteiger partial charge is 0.254 e. The fourth-order valence-corrected chi connectivity index (χ4v) is 3.71. The first kappa shape index (κ1) is 19.2. The summed E-state index contributed by atoms with van der Waals surface area (Å²) in [6, 6.07) is 21.8. The van der Waals surface area contributed by atoms with Gasteiger partial charge in [-0.15, -0.1) is 11.8 Å². The first-order chi connectivity index (χ1) is 14.2. The molecular weight excluding hydrogens is 378 g/mol. The molecule has 144 valence electrons. The summed E-state index contributed by atoms with van der Waals surface area (Å²) in [5, 5.41) is 0.861. The van der Waals surface area contributed by atoms with Crippen LogP contribution in [0.5, 0.6) is 0 Å². The van der Waals surface area contributed by atoms with Crippen LogP contribution in [0.25, 0.3) is 22.2 Å². The number of nitrogens with zero attached hydrogens (tertiary/aromatic N) is 3. The molecule has 0 fully saturated rings. The number of rotatable bonds is 5. The van der Waals surface area contributed by atoms with E-state index in [0.29, 0.717) is 12.1 Å². The Labute approximate surface area is 174 Å². The van der Waals surface area contributed by atoms with Crippen LogP contribution in [-0.2, 0) is 6.54 Å². The lowest BCUT2D eigenvalue weighted by atomic mass is 10.0. The SMILES string of the molecule is CSc1ccc(CN(C)C(=O)c2cc(-c3ccncc3)nc3ccccc23)cc1. The van der Waals surface area contributed by atoms with Gasteiger partial charge in [0.2, 0.25) is 0 Å². The molecular formula is C24H21N3OS. The fraction of sp³-hybridized carbons (Fsp3) is 0.125. The monoisotopic (exact) mass is 399 g/mol. The highest BCUT2D eigenvalue weighted by Crippen LogP contribution is 2.26. The maximum absolute atomic E-state index is 13.4. The summed E-state index contributed by atoms with van der Waals surface area (Å²) in [7, 11) is 1.84. The third-order valence-electron chi connectivity index (χ3n) is 4.85. The molecule has 0 aliphatic carbocycles. The number of carbonyl (C=O) groups excluding carboxylic acids is 1. The Hall–Kier alpha value is -3.18. The molecule has 0 saturated carbocycles. The topological polar surface area (TPSA) is 46.1 Å². The van der Waals surface area contributed by atoms with Crippen molar-refractivity contribution in [1.82, 2.24) is 14.9 Å². The van der Waals surface area contributed by atoms with Gasteiger partial charge >= 0.3 is 0 Å². The Kier molecular flexibility index (Phi) is 5.58. The van der Waals surface area contributed by atoms with Gasteiger partial charge in [-0.25, -0.2) is 4.98 Å². The molecule has 0 N–H and O–H groups in total. The number of amides is 1. The van der Waals surface area contributed by atoms with Crippen LogP contribution >= 0.6 is 11.8 Å². The average Bonchev–Trinajstić information content (AvgIpc) is 2.79. The van der Waals surface area contributed by atoms with Gasteiger partial charge in [-0.05, 0) is 48.2 Å². The minimum Gasteiger partial charge on any atom is -0.337 e. The van der Waals surface area contributed by atoms with Gasteiger partial charge in [-0.2, -0.15) is 0 Å². The Morgan fingerprint density at radius 2 is 1.72 bits per heavy atom. The van der Waals surface area contributed by atoms with Gasteiger partial charge in [-0.3, -0.25) is 9.78 Å². The molecule has 0 unspecified atom stereocenters. The van der Waals surface area contributed by atoms with E-state index in [1.165, 1.54) is 4.90 Å².